The zero-order valence-electron chi connectivity index (χ0n) is 19.3. The van der Waals surface area contributed by atoms with Crippen molar-refractivity contribution in [2.24, 2.45) is 5.29 Å². The maximum Gasteiger partial charge on any atom is 0.330 e. The molecule has 2 aromatic carbocycles. The maximum absolute atomic E-state index is 13.5. The average Bonchev–Trinajstić information content (AvgIpc) is 2.85. The van der Waals surface area contributed by atoms with Gasteiger partial charge in [0, 0.05) is 13.0 Å². The Morgan fingerprint density at radius 2 is 1.76 bits per heavy atom. The Bertz CT molecular complexity index is 1030. The molecule has 1 heterocycles. The second-order valence-corrected chi connectivity index (χ2v) is 8.22. The van der Waals surface area contributed by atoms with Gasteiger partial charge in [0.2, 0.25) is 5.91 Å². The SMILES string of the molecule is CCOC(=O)C(CCc1ccccc1)N(N=O)[C@@H](C)C(=O)N1Cc2ccccc2C[C@H]1C(=O)O. The Kier molecular flexibility index (Phi) is 8.34. The number of fused-ring (bicyclic) bond motifs is 1. The zero-order valence-corrected chi connectivity index (χ0v) is 19.3. The van der Waals surface area contributed by atoms with E-state index in [0.29, 0.717) is 6.42 Å². The number of amides is 1. The van der Waals surface area contributed by atoms with Crippen LogP contribution in [0.3, 0.4) is 0 Å². The lowest BCUT2D eigenvalue weighted by molar-refractivity contribution is -0.158. The lowest BCUT2D eigenvalue weighted by Gasteiger charge is -2.38. The number of carboxylic acids is 1. The minimum absolute atomic E-state index is 0.0943. The van der Waals surface area contributed by atoms with E-state index in [2.05, 4.69) is 5.29 Å². The molecule has 1 aliphatic heterocycles. The molecular formula is C25H29N3O6. The van der Waals surface area contributed by atoms with E-state index in [1.807, 2.05) is 54.6 Å². The highest BCUT2D eigenvalue weighted by Gasteiger charge is 2.41. The van der Waals surface area contributed by atoms with Gasteiger partial charge in [-0.3, -0.25) is 4.79 Å². The van der Waals surface area contributed by atoms with Crippen LogP contribution in [0.25, 0.3) is 0 Å². The molecule has 3 atom stereocenters. The van der Waals surface area contributed by atoms with E-state index in [1.165, 1.54) is 11.8 Å². The number of carbonyl (C=O) groups excluding carboxylic acids is 2. The van der Waals surface area contributed by atoms with Crippen LogP contribution in [-0.2, 0) is 38.5 Å². The van der Waals surface area contributed by atoms with Crippen LogP contribution in [0.2, 0.25) is 0 Å². The number of esters is 1. The molecule has 1 unspecified atom stereocenters. The molecule has 0 aromatic heterocycles. The van der Waals surface area contributed by atoms with Crippen molar-refractivity contribution in [3.8, 4) is 0 Å². The minimum Gasteiger partial charge on any atom is -0.480 e. The topological polar surface area (TPSA) is 117 Å². The Labute approximate surface area is 198 Å². The number of benzene rings is 2. The summed E-state index contributed by atoms with van der Waals surface area (Å²) in [7, 11) is 0. The van der Waals surface area contributed by atoms with Gasteiger partial charge in [0.05, 0.1) is 11.9 Å². The fourth-order valence-electron chi connectivity index (χ4n) is 4.27. The molecule has 0 bridgehead atoms. The van der Waals surface area contributed by atoms with Gasteiger partial charge in [0.1, 0.15) is 18.1 Å². The second kappa shape index (κ2) is 11.4. The molecule has 9 heteroatoms. The summed E-state index contributed by atoms with van der Waals surface area (Å²) in [4.78, 5) is 51.3. The Hall–Kier alpha value is -3.75. The van der Waals surface area contributed by atoms with Crippen molar-refractivity contribution in [2.75, 3.05) is 6.61 Å². The van der Waals surface area contributed by atoms with Crippen molar-refractivity contribution in [1.82, 2.24) is 9.91 Å². The van der Waals surface area contributed by atoms with E-state index >= 15 is 0 Å². The van der Waals surface area contributed by atoms with Crippen LogP contribution in [0.5, 0.6) is 0 Å². The van der Waals surface area contributed by atoms with Gasteiger partial charge >= 0.3 is 11.9 Å². The molecule has 2 aromatic rings. The predicted octanol–water partition coefficient (Wildman–Crippen LogP) is 2.96. The molecule has 0 saturated heterocycles. The van der Waals surface area contributed by atoms with Gasteiger partial charge in [0.15, 0.2) is 0 Å². The molecular weight excluding hydrogens is 438 g/mol. The number of carbonyl (C=O) groups is 3. The van der Waals surface area contributed by atoms with E-state index < -0.39 is 36.0 Å². The number of aryl methyl sites for hydroxylation is 1. The molecule has 0 radical (unpaired) electrons. The van der Waals surface area contributed by atoms with Crippen molar-refractivity contribution in [3.63, 3.8) is 0 Å². The van der Waals surface area contributed by atoms with Gasteiger partial charge in [-0.1, -0.05) is 54.6 Å². The molecule has 9 nitrogen and oxygen atoms in total. The first-order chi connectivity index (χ1) is 16.4. The summed E-state index contributed by atoms with van der Waals surface area (Å²) in [6, 6.07) is 13.4. The van der Waals surface area contributed by atoms with Gasteiger partial charge in [-0.25, -0.2) is 14.6 Å². The van der Waals surface area contributed by atoms with Crippen molar-refractivity contribution >= 4 is 17.8 Å². The van der Waals surface area contributed by atoms with Crippen molar-refractivity contribution in [1.29, 1.82) is 0 Å². The number of carboxylic acid groups (broad SMARTS) is 1. The number of rotatable bonds is 10. The number of hydrogen-bond acceptors (Lipinski definition) is 6. The van der Waals surface area contributed by atoms with E-state index in [4.69, 9.17) is 4.74 Å². The number of hydrogen-bond donors (Lipinski definition) is 1. The van der Waals surface area contributed by atoms with Gasteiger partial charge in [0.25, 0.3) is 0 Å². The first kappa shape index (κ1) is 24.9. The quantitative estimate of drug-likeness (QED) is 0.324. The summed E-state index contributed by atoms with van der Waals surface area (Å²) in [5, 5.41) is 13.7. The average molecular weight is 468 g/mol. The molecule has 1 N–H and O–H groups in total. The van der Waals surface area contributed by atoms with Gasteiger partial charge in [-0.15, -0.1) is 4.91 Å². The monoisotopic (exact) mass is 467 g/mol. The van der Waals surface area contributed by atoms with Crippen molar-refractivity contribution in [2.45, 2.75) is 57.8 Å². The largest absolute Gasteiger partial charge is 0.480 e. The minimum atomic E-state index is -1.16. The molecule has 0 spiro atoms. The Balaban J connectivity index is 1.84. The standard InChI is InChI=1S/C25H29N3O6/c1-3-34-25(32)21(14-13-18-9-5-4-6-10-18)28(26-33)17(2)23(29)27-16-20-12-8-7-11-19(20)15-22(27)24(30)31/h4-12,17,21-22H,3,13-16H2,1-2H3,(H,30,31)/t17-,21?,22-/m0/s1. The highest BCUT2D eigenvalue weighted by molar-refractivity contribution is 5.88. The summed E-state index contributed by atoms with van der Waals surface area (Å²) < 4.78 is 5.16. The maximum atomic E-state index is 13.5. The van der Waals surface area contributed by atoms with Crippen molar-refractivity contribution in [3.05, 3.63) is 76.2 Å². The molecule has 180 valence electrons. The van der Waals surface area contributed by atoms with Crippen LogP contribution >= 0.6 is 0 Å². The third-order valence-electron chi connectivity index (χ3n) is 6.09. The van der Waals surface area contributed by atoms with E-state index in [1.54, 1.807) is 6.92 Å². The molecule has 1 amide bonds. The number of nitroso groups, excluding NO2 is 1. The third kappa shape index (κ3) is 5.59. The highest BCUT2D eigenvalue weighted by atomic mass is 16.5. The van der Waals surface area contributed by atoms with Gasteiger partial charge in [-0.2, -0.15) is 0 Å². The second-order valence-electron chi connectivity index (χ2n) is 8.22. The van der Waals surface area contributed by atoms with Crippen LogP contribution in [0.1, 0.15) is 37.0 Å². The first-order valence-corrected chi connectivity index (χ1v) is 11.3. The fraction of sp³-hybridized carbons (Fsp3) is 0.400. The predicted molar refractivity (Wildman–Crippen MR) is 124 cm³/mol. The lowest BCUT2D eigenvalue weighted by Crippen LogP contribution is -2.56. The molecule has 0 saturated carbocycles. The van der Waals surface area contributed by atoms with E-state index in [9.17, 15) is 24.4 Å². The summed E-state index contributed by atoms with van der Waals surface area (Å²) in [5.41, 5.74) is 2.67. The number of nitrogens with zero attached hydrogens (tertiary/aromatic N) is 3. The molecule has 1 aliphatic rings. The van der Waals surface area contributed by atoms with Gasteiger partial charge in [-0.05, 0) is 43.4 Å². The van der Waals surface area contributed by atoms with E-state index in [0.717, 1.165) is 21.7 Å². The van der Waals surface area contributed by atoms with Crippen LogP contribution in [0.15, 0.2) is 59.9 Å². The van der Waals surface area contributed by atoms with Crippen LogP contribution in [0, 0.1) is 4.91 Å². The van der Waals surface area contributed by atoms with Crippen LogP contribution < -0.4 is 0 Å². The zero-order chi connectivity index (χ0) is 24.7. The lowest BCUT2D eigenvalue weighted by atomic mass is 9.93. The molecule has 0 aliphatic carbocycles. The highest BCUT2D eigenvalue weighted by Crippen LogP contribution is 2.26. The molecule has 0 fully saturated rings. The van der Waals surface area contributed by atoms with Crippen LogP contribution in [0.4, 0.5) is 0 Å². The summed E-state index contributed by atoms with van der Waals surface area (Å²) >= 11 is 0. The molecule has 34 heavy (non-hydrogen) atoms. The number of aliphatic carboxylic acids is 1. The van der Waals surface area contributed by atoms with Crippen molar-refractivity contribution < 1.29 is 24.2 Å². The number of ether oxygens (including phenoxy) is 1. The first-order valence-electron chi connectivity index (χ1n) is 11.3. The van der Waals surface area contributed by atoms with Gasteiger partial charge < -0.3 is 14.7 Å². The smallest absolute Gasteiger partial charge is 0.330 e. The summed E-state index contributed by atoms with van der Waals surface area (Å²) in [5.74, 6) is -2.38. The van der Waals surface area contributed by atoms with E-state index in [-0.39, 0.29) is 26.0 Å². The summed E-state index contributed by atoms with van der Waals surface area (Å²) in [6.07, 6.45) is 0.831. The Morgan fingerprint density at radius 1 is 1.12 bits per heavy atom. The summed E-state index contributed by atoms with van der Waals surface area (Å²) in [6.45, 7) is 3.32. The fourth-order valence-corrected chi connectivity index (χ4v) is 4.27. The Morgan fingerprint density at radius 3 is 2.38 bits per heavy atom. The third-order valence-corrected chi connectivity index (χ3v) is 6.09. The molecule has 3 rings (SSSR count). The van der Waals surface area contributed by atoms with Crippen LogP contribution in [-0.4, -0.2) is 57.6 Å². The normalized spacial score (nSPS) is 16.6.